The lowest BCUT2D eigenvalue weighted by Crippen LogP contribution is -2.13. The first-order chi connectivity index (χ1) is 5.36. The number of likely N-dealkylation sites (N-methyl/N-ethyl adjacent to an activating group) is 1. The van der Waals surface area contributed by atoms with Crippen molar-refractivity contribution in [2.75, 3.05) is 20.6 Å². The molecule has 0 aliphatic rings. The summed E-state index contributed by atoms with van der Waals surface area (Å²) in [5.74, 6) is 0. The molecule has 12 heavy (non-hydrogen) atoms. The molecule has 0 atom stereocenters. The van der Waals surface area contributed by atoms with Gasteiger partial charge in [0.15, 0.2) is 9.84 Å². The summed E-state index contributed by atoms with van der Waals surface area (Å²) in [5, 5.41) is 0.966. The van der Waals surface area contributed by atoms with Crippen LogP contribution >= 0.6 is 0 Å². The van der Waals surface area contributed by atoms with Gasteiger partial charge in [0, 0.05) is 12.0 Å². The lowest BCUT2D eigenvalue weighted by Gasteiger charge is -2.05. The molecule has 0 spiro atoms. The molecule has 0 heterocycles. The summed E-state index contributed by atoms with van der Waals surface area (Å²) in [5.41, 5.74) is 0. The highest BCUT2D eigenvalue weighted by Gasteiger charge is 2.10. The van der Waals surface area contributed by atoms with E-state index >= 15 is 0 Å². The Morgan fingerprint density at radius 1 is 1.33 bits per heavy atom. The zero-order valence-electron chi connectivity index (χ0n) is 8.11. The summed E-state index contributed by atoms with van der Waals surface area (Å²) >= 11 is 0. The minimum atomic E-state index is -3.00. The van der Waals surface area contributed by atoms with Crippen LogP contribution in [0.4, 0.5) is 0 Å². The van der Waals surface area contributed by atoms with E-state index in [0.717, 1.165) is 0 Å². The van der Waals surface area contributed by atoms with Gasteiger partial charge < -0.3 is 4.90 Å². The molecule has 0 rings (SSSR count). The summed E-state index contributed by atoms with van der Waals surface area (Å²) in [6, 6.07) is 0. The first-order valence-electron chi connectivity index (χ1n) is 3.91. The normalized spacial score (nSPS) is 13.5. The Hall–Kier alpha value is -0.350. The minimum Gasteiger partial charge on any atom is -0.306 e. The molecule has 0 aromatic heterocycles. The second-order valence-corrected chi connectivity index (χ2v) is 5.66. The second-order valence-electron chi connectivity index (χ2n) is 3.27. The van der Waals surface area contributed by atoms with Crippen LogP contribution in [0.1, 0.15) is 13.8 Å². The highest BCUT2D eigenvalue weighted by atomic mass is 32.2. The maximum absolute atomic E-state index is 11.2. The Bertz CT molecular complexity index is 240. The number of nitrogens with zero attached hydrogens (tertiary/aromatic N) is 1. The smallest absolute Gasteiger partial charge is 0.173 e. The van der Waals surface area contributed by atoms with Crippen LogP contribution in [0.2, 0.25) is 0 Å². The van der Waals surface area contributed by atoms with Crippen molar-refractivity contribution in [3.05, 3.63) is 11.5 Å². The maximum Gasteiger partial charge on any atom is 0.173 e. The molecule has 3 nitrogen and oxygen atoms in total. The predicted octanol–water partition coefficient (Wildman–Crippen LogP) is 0.885. The van der Waals surface area contributed by atoms with E-state index in [4.69, 9.17) is 0 Å². The van der Waals surface area contributed by atoms with Crippen LogP contribution in [0, 0.1) is 0 Å². The van der Waals surface area contributed by atoms with Gasteiger partial charge in [-0.25, -0.2) is 8.42 Å². The fourth-order valence-corrected chi connectivity index (χ4v) is 1.21. The summed E-state index contributed by atoms with van der Waals surface area (Å²) < 4.78 is 22.4. The third kappa shape index (κ3) is 4.51. The van der Waals surface area contributed by atoms with Crippen molar-refractivity contribution < 1.29 is 8.42 Å². The molecule has 0 N–H and O–H groups in total. The van der Waals surface area contributed by atoms with Crippen molar-refractivity contribution in [2.45, 2.75) is 19.1 Å². The van der Waals surface area contributed by atoms with Crippen LogP contribution in [0.5, 0.6) is 0 Å². The molecule has 0 amide bonds. The number of sulfone groups is 1. The highest BCUT2D eigenvalue weighted by Crippen LogP contribution is 2.01. The fourth-order valence-electron chi connectivity index (χ4n) is 0.545. The minimum absolute atomic E-state index is 0.323. The molecule has 0 unspecified atom stereocenters. The zero-order valence-corrected chi connectivity index (χ0v) is 8.93. The molecule has 0 saturated carbocycles. The van der Waals surface area contributed by atoms with E-state index in [2.05, 4.69) is 0 Å². The van der Waals surface area contributed by atoms with Gasteiger partial charge in [-0.1, -0.05) is 6.08 Å². The van der Waals surface area contributed by atoms with Crippen molar-refractivity contribution in [1.82, 2.24) is 4.90 Å². The van der Waals surface area contributed by atoms with Crippen LogP contribution in [-0.2, 0) is 9.84 Å². The van der Waals surface area contributed by atoms with Gasteiger partial charge in [0.2, 0.25) is 0 Å². The topological polar surface area (TPSA) is 37.4 Å². The van der Waals surface area contributed by atoms with Crippen LogP contribution in [-0.4, -0.2) is 39.2 Å². The predicted molar refractivity (Wildman–Crippen MR) is 51.7 cm³/mol. The third-order valence-electron chi connectivity index (χ3n) is 1.41. The molecule has 0 radical (unpaired) electrons. The third-order valence-corrected chi connectivity index (χ3v) is 3.30. The van der Waals surface area contributed by atoms with E-state index in [1.54, 1.807) is 19.9 Å². The fraction of sp³-hybridized carbons (Fsp3) is 0.750. The van der Waals surface area contributed by atoms with Crippen molar-refractivity contribution >= 4 is 9.84 Å². The molecular weight excluding hydrogens is 174 g/mol. The molecule has 0 aromatic rings. The van der Waals surface area contributed by atoms with Gasteiger partial charge in [-0.2, -0.15) is 0 Å². The summed E-state index contributed by atoms with van der Waals surface area (Å²) in [6.07, 6.45) is 1.66. The average molecular weight is 191 g/mol. The van der Waals surface area contributed by atoms with Crippen LogP contribution in [0.15, 0.2) is 11.5 Å². The largest absolute Gasteiger partial charge is 0.306 e. The first-order valence-corrected chi connectivity index (χ1v) is 5.52. The molecule has 0 aliphatic carbocycles. The van der Waals surface area contributed by atoms with Gasteiger partial charge in [-0.05, 0) is 27.9 Å². The average Bonchev–Trinajstić information content (AvgIpc) is 1.85. The highest BCUT2D eigenvalue weighted by molar-refractivity contribution is 7.94. The number of hydrogen-bond donors (Lipinski definition) is 0. The molecule has 4 heteroatoms. The summed E-state index contributed by atoms with van der Waals surface area (Å²) in [7, 11) is 0.789. The summed E-state index contributed by atoms with van der Waals surface area (Å²) in [4.78, 5) is 1.91. The van der Waals surface area contributed by atoms with E-state index in [9.17, 15) is 8.42 Å². The van der Waals surface area contributed by atoms with Crippen molar-refractivity contribution in [2.24, 2.45) is 0 Å². The van der Waals surface area contributed by atoms with E-state index in [0.29, 0.717) is 6.54 Å². The summed E-state index contributed by atoms with van der Waals surface area (Å²) in [6.45, 7) is 4.01. The van der Waals surface area contributed by atoms with Gasteiger partial charge >= 0.3 is 0 Å². The van der Waals surface area contributed by atoms with Gasteiger partial charge in [0.1, 0.15) is 0 Å². The van der Waals surface area contributed by atoms with Gasteiger partial charge in [-0.15, -0.1) is 0 Å². The number of rotatable bonds is 4. The first kappa shape index (κ1) is 11.6. The van der Waals surface area contributed by atoms with Crippen LogP contribution in [0.3, 0.4) is 0 Å². The SMILES string of the molecule is CC(C)S(=O)(=O)/C=C/CN(C)C. The van der Waals surface area contributed by atoms with E-state index in [-0.39, 0.29) is 5.25 Å². The van der Waals surface area contributed by atoms with Crippen LogP contribution in [0.25, 0.3) is 0 Å². The van der Waals surface area contributed by atoms with E-state index < -0.39 is 9.84 Å². The van der Waals surface area contributed by atoms with Crippen LogP contribution < -0.4 is 0 Å². The van der Waals surface area contributed by atoms with Crippen molar-refractivity contribution in [3.8, 4) is 0 Å². The van der Waals surface area contributed by atoms with E-state index in [1.807, 2.05) is 19.0 Å². The van der Waals surface area contributed by atoms with Gasteiger partial charge in [-0.3, -0.25) is 0 Å². The lowest BCUT2D eigenvalue weighted by molar-refractivity contribution is 0.456. The lowest BCUT2D eigenvalue weighted by atomic mass is 10.6. The zero-order chi connectivity index (χ0) is 9.78. The molecule has 0 bridgehead atoms. The molecule has 0 fully saturated rings. The molecule has 0 aliphatic heterocycles. The Morgan fingerprint density at radius 2 is 1.83 bits per heavy atom. The molecule has 0 aromatic carbocycles. The Morgan fingerprint density at radius 3 is 2.17 bits per heavy atom. The van der Waals surface area contributed by atoms with E-state index in [1.165, 1.54) is 5.41 Å². The Labute approximate surface area is 75.0 Å². The molecule has 0 saturated heterocycles. The van der Waals surface area contributed by atoms with Gasteiger partial charge in [0.25, 0.3) is 0 Å². The van der Waals surface area contributed by atoms with Gasteiger partial charge in [0.05, 0.1) is 5.25 Å². The Kier molecular flexibility index (Phi) is 4.49. The van der Waals surface area contributed by atoms with Crippen molar-refractivity contribution in [1.29, 1.82) is 0 Å². The van der Waals surface area contributed by atoms with Crippen molar-refractivity contribution in [3.63, 3.8) is 0 Å². The Balaban J connectivity index is 4.17. The monoisotopic (exact) mass is 191 g/mol. The maximum atomic E-state index is 11.2. The molecular formula is C8H17NO2S. The quantitative estimate of drug-likeness (QED) is 0.662. The standard InChI is InChI=1S/C8H17NO2S/c1-8(2)12(10,11)7-5-6-9(3)4/h5,7-8H,6H2,1-4H3/b7-5+. The second kappa shape index (κ2) is 4.62. The molecule has 72 valence electrons. The number of hydrogen-bond acceptors (Lipinski definition) is 3.